The van der Waals surface area contributed by atoms with Crippen molar-refractivity contribution in [1.29, 1.82) is 0 Å². The molecule has 1 heterocycles. The third-order valence-corrected chi connectivity index (χ3v) is 5.47. The van der Waals surface area contributed by atoms with Crippen LogP contribution in [-0.2, 0) is 17.4 Å². The van der Waals surface area contributed by atoms with Gasteiger partial charge in [0.05, 0.1) is 23.3 Å². The number of aliphatic hydroxyl groups is 1. The number of nitrogens with zero attached hydrogens (tertiary/aromatic N) is 2. The van der Waals surface area contributed by atoms with Crippen LogP contribution in [0, 0.1) is 5.82 Å². The molecule has 33 heavy (non-hydrogen) atoms. The quantitative estimate of drug-likeness (QED) is 0.340. The first kappa shape index (κ1) is 24.6. The number of carbonyl (C=O) groups is 1. The lowest BCUT2D eigenvalue weighted by atomic mass is 10.1. The Morgan fingerprint density at radius 3 is 2.36 bits per heavy atom. The van der Waals surface area contributed by atoms with Gasteiger partial charge >= 0.3 is 12.1 Å². The van der Waals surface area contributed by atoms with Gasteiger partial charge in [0, 0.05) is 24.6 Å². The molecule has 1 unspecified atom stereocenters. The summed E-state index contributed by atoms with van der Waals surface area (Å²) in [6.07, 6.45) is -5.28. The first-order valence-electron chi connectivity index (χ1n) is 9.83. The van der Waals surface area contributed by atoms with Gasteiger partial charge in [-0.25, -0.2) is 18.7 Å². The highest BCUT2D eigenvalue weighted by molar-refractivity contribution is 6.30. The van der Waals surface area contributed by atoms with Crippen molar-refractivity contribution in [3.05, 3.63) is 88.8 Å². The normalized spacial score (nSPS) is 14.5. The van der Waals surface area contributed by atoms with Crippen molar-refractivity contribution in [2.75, 3.05) is 13.1 Å². The number of rotatable bonds is 8. The van der Waals surface area contributed by atoms with Crippen LogP contribution in [0.15, 0.2) is 66.9 Å². The van der Waals surface area contributed by atoms with Crippen molar-refractivity contribution >= 4 is 29.1 Å². The average Bonchev–Trinajstić information content (AvgIpc) is 2.76. The number of alkyl halides is 3. The largest absolute Gasteiger partial charge is 0.479 e. The molecule has 0 fully saturated rings. The molecular formula is C23H20ClF4N2O3+. The topological polar surface area (TPSA) is 70.4 Å². The molecule has 0 aliphatic carbocycles. The summed E-state index contributed by atoms with van der Waals surface area (Å²) in [5.74, 6) is -2.62. The van der Waals surface area contributed by atoms with Gasteiger partial charge in [0.15, 0.2) is 0 Å². The molecule has 3 aromatic rings. The molecular weight excluding hydrogens is 464 g/mol. The van der Waals surface area contributed by atoms with E-state index in [9.17, 15) is 32.6 Å². The van der Waals surface area contributed by atoms with E-state index in [2.05, 4.69) is 4.98 Å². The number of hydrogen-bond acceptors (Lipinski definition) is 3. The Morgan fingerprint density at radius 1 is 1.09 bits per heavy atom. The second kappa shape index (κ2) is 9.86. The molecule has 1 aromatic heterocycles. The first-order valence-corrected chi connectivity index (χ1v) is 10.2. The minimum absolute atomic E-state index is 0.0102. The van der Waals surface area contributed by atoms with Crippen molar-refractivity contribution in [2.45, 2.75) is 18.7 Å². The Hall–Kier alpha value is -3.01. The summed E-state index contributed by atoms with van der Waals surface area (Å²) in [6.45, 7) is -0.596. The molecule has 0 spiro atoms. The highest BCUT2D eigenvalue weighted by atomic mass is 35.5. The third kappa shape index (κ3) is 5.87. The van der Waals surface area contributed by atoms with E-state index in [0.29, 0.717) is 6.07 Å². The van der Waals surface area contributed by atoms with E-state index < -0.39 is 40.7 Å². The van der Waals surface area contributed by atoms with Crippen LogP contribution in [0.4, 0.5) is 29.1 Å². The van der Waals surface area contributed by atoms with Crippen LogP contribution in [0.5, 0.6) is 0 Å². The molecule has 0 amide bonds. The van der Waals surface area contributed by atoms with E-state index in [1.165, 1.54) is 18.3 Å². The predicted octanol–water partition coefficient (Wildman–Crippen LogP) is 5.22. The van der Waals surface area contributed by atoms with E-state index in [4.69, 9.17) is 11.6 Å². The van der Waals surface area contributed by atoms with E-state index >= 15 is 0 Å². The molecule has 0 aliphatic heterocycles. The van der Waals surface area contributed by atoms with Crippen LogP contribution in [-0.4, -0.2) is 40.4 Å². The van der Waals surface area contributed by atoms with E-state index in [-0.39, 0.29) is 29.5 Å². The standard InChI is InChI=1S/C23H19ClF4N2O3/c24-17-6-7-21(29-13-17)30(14-20(31)22(32)33,9-8-15-4-2-1-3-5-15)19-11-16(23(26,27)28)10-18(25)12-19/h1-7,10-13,20,31H,8-9,14H2/p+1/t20?,30-/m0/s1. The maximum atomic E-state index is 14.4. The fraction of sp³-hybridized carbons (Fsp3) is 0.217. The maximum Gasteiger partial charge on any atom is 0.416 e. The van der Waals surface area contributed by atoms with Crippen LogP contribution in [0.3, 0.4) is 0 Å². The van der Waals surface area contributed by atoms with Crippen LogP contribution >= 0.6 is 11.6 Å². The predicted molar refractivity (Wildman–Crippen MR) is 116 cm³/mol. The van der Waals surface area contributed by atoms with Gasteiger partial charge in [-0.05, 0) is 17.7 Å². The number of carboxylic acids is 1. The van der Waals surface area contributed by atoms with Gasteiger partial charge < -0.3 is 10.2 Å². The molecule has 0 bridgehead atoms. The lowest BCUT2D eigenvalue weighted by Crippen LogP contribution is -2.53. The SMILES string of the molecule is O=C(O)C(O)C[N@@+](CCc1ccccc1)(c1cc(F)cc(C(F)(F)F)c1)c1ccc(Cl)cn1. The van der Waals surface area contributed by atoms with Crippen LogP contribution < -0.4 is 4.48 Å². The van der Waals surface area contributed by atoms with Gasteiger partial charge in [0.25, 0.3) is 0 Å². The number of aliphatic carboxylic acids is 1. The molecule has 2 aromatic carbocycles. The van der Waals surface area contributed by atoms with Gasteiger partial charge in [-0.15, -0.1) is 0 Å². The Balaban J connectivity index is 2.24. The number of quaternary nitrogens is 1. The Bertz CT molecular complexity index is 1110. The maximum absolute atomic E-state index is 14.4. The van der Waals surface area contributed by atoms with Gasteiger partial charge in [0.1, 0.15) is 18.0 Å². The molecule has 174 valence electrons. The second-order valence-electron chi connectivity index (χ2n) is 7.49. The molecule has 0 saturated heterocycles. The molecule has 2 atom stereocenters. The van der Waals surface area contributed by atoms with Gasteiger partial charge in [0.2, 0.25) is 11.9 Å². The highest BCUT2D eigenvalue weighted by Gasteiger charge is 2.42. The van der Waals surface area contributed by atoms with E-state index in [1.807, 2.05) is 0 Å². The fourth-order valence-electron chi connectivity index (χ4n) is 3.61. The molecule has 5 nitrogen and oxygen atoms in total. The average molecular weight is 484 g/mol. The number of benzene rings is 2. The Morgan fingerprint density at radius 2 is 1.79 bits per heavy atom. The number of aromatic nitrogens is 1. The number of hydrogen-bond donors (Lipinski definition) is 2. The molecule has 2 N–H and O–H groups in total. The minimum atomic E-state index is -4.84. The zero-order chi connectivity index (χ0) is 24.2. The number of pyridine rings is 1. The van der Waals surface area contributed by atoms with Crippen LogP contribution in [0.25, 0.3) is 0 Å². The lowest BCUT2D eigenvalue weighted by molar-refractivity contribution is -0.147. The second-order valence-corrected chi connectivity index (χ2v) is 7.93. The Labute approximate surface area is 192 Å². The van der Waals surface area contributed by atoms with Crippen molar-refractivity contribution in [3.8, 4) is 0 Å². The van der Waals surface area contributed by atoms with Crippen molar-refractivity contribution in [3.63, 3.8) is 0 Å². The molecule has 3 rings (SSSR count). The fourth-order valence-corrected chi connectivity index (χ4v) is 3.72. The number of halogens is 5. The summed E-state index contributed by atoms with van der Waals surface area (Å²) < 4.78 is 54.2. The lowest BCUT2D eigenvalue weighted by Gasteiger charge is -2.37. The van der Waals surface area contributed by atoms with Crippen molar-refractivity contribution < 1.29 is 32.6 Å². The zero-order valence-corrected chi connectivity index (χ0v) is 17.9. The summed E-state index contributed by atoms with van der Waals surface area (Å²) in [5, 5.41) is 19.8. The van der Waals surface area contributed by atoms with Crippen LogP contribution in [0.2, 0.25) is 5.02 Å². The summed E-state index contributed by atoms with van der Waals surface area (Å²) in [6, 6.07) is 13.8. The monoisotopic (exact) mass is 483 g/mol. The van der Waals surface area contributed by atoms with Gasteiger partial charge in [-0.1, -0.05) is 41.9 Å². The zero-order valence-electron chi connectivity index (χ0n) is 17.1. The minimum Gasteiger partial charge on any atom is -0.479 e. The van der Waals surface area contributed by atoms with Crippen molar-refractivity contribution in [1.82, 2.24) is 9.47 Å². The summed E-state index contributed by atoms with van der Waals surface area (Å²) in [7, 11) is 0. The Kier molecular flexibility index (Phi) is 7.36. The third-order valence-electron chi connectivity index (χ3n) is 5.25. The van der Waals surface area contributed by atoms with Gasteiger partial charge in [-0.3, -0.25) is 0 Å². The molecule has 10 heteroatoms. The van der Waals surface area contributed by atoms with E-state index in [0.717, 1.165) is 17.7 Å². The molecule has 0 saturated carbocycles. The number of carboxylic acid groups (broad SMARTS) is 1. The van der Waals surface area contributed by atoms with Crippen LogP contribution in [0.1, 0.15) is 11.1 Å². The molecule has 0 aliphatic rings. The smallest absolute Gasteiger partial charge is 0.416 e. The molecule has 0 radical (unpaired) electrons. The first-order chi connectivity index (χ1) is 15.5. The van der Waals surface area contributed by atoms with Gasteiger partial charge in [-0.2, -0.15) is 13.2 Å². The summed E-state index contributed by atoms with van der Waals surface area (Å²) >= 11 is 5.93. The van der Waals surface area contributed by atoms with Crippen molar-refractivity contribution in [2.24, 2.45) is 0 Å². The number of aliphatic hydroxyl groups excluding tert-OH is 1. The van der Waals surface area contributed by atoms with E-state index in [1.54, 1.807) is 30.3 Å². The summed E-state index contributed by atoms with van der Waals surface area (Å²) in [4.78, 5) is 15.7. The summed E-state index contributed by atoms with van der Waals surface area (Å²) in [5.41, 5.74) is -0.627. The highest BCUT2D eigenvalue weighted by Crippen LogP contribution is 2.39.